The van der Waals surface area contributed by atoms with Gasteiger partial charge in [0.2, 0.25) is 0 Å². The van der Waals surface area contributed by atoms with Gasteiger partial charge in [0.15, 0.2) is 5.78 Å². The van der Waals surface area contributed by atoms with Crippen LogP contribution >= 0.6 is 11.8 Å². The molecule has 0 saturated heterocycles. The van der Waals surface area contributed by atoms with Crippen LogP contribution in [-0.2, 0) is 22.5 Å². The molecule has 5 rings (SSSR count). The average molecular weight is 574 g/mol. The lowest BCUT2D eigenvalue weighted by Crippen LogP contribution is -2.39. The number of rotatable bonds is 6. The van der Waals surface area contributed by atoms with Gasteiger partial charge in [-0.15, -0.1) is 0 Å². The zero-order valence-corrected chi connectivity index (χ0v) is 23.7. The molecule has 3 aromatic carbocycles. The summed E-state index contributed by atoms with van der Waals surface area (Å²) in [6.45, 7) is 3.96. The van der Waals surface area contributed by atoms with Crippen molar-refractivity contribution in [2.45, 2.75) is 56.7 Å². The number of benzene rings is 3. The minimum absolute atomic E-state index is 0.0661. The number of alkyl halides is 3. The number of nitrogens with two attached hydrogens (primary N) is 1. The molecule has 1 unspecified atom stereocenters. The lowest BCUT2D eigenvalue weighted by atomic mass is 9.73. The molecule has 0 radical (unpaired) electrons. The van der Waals surface area contributed by atoms with Crippen molar-refractivity contribution in [3.63, 3.8) is 0 Å². The summed E-state index contributed by atoms with van der Waals surface area (Å²) in [5, 5.41) is 10.4. The lowest BCUT2D eigenvalue weighted by molar-refractivity contribution is -0.137. The predicted molar refractivity (Wildman–Crippen MR) is 157 cm³/mol. The van der Waals surface area contributed by atoms with Gasteiger partial charge >= 0.3 is 6.18 Å². The van der Waals surface area contributed by atoms with E-state index in [1.165, 1.54) is 28.7 Å². The Morgan fingerprint density at radius 2 is 1.73 bits per heavy atom. The first-order valence-electron chi connectivity index (χ1n) is 13.5. The number of nitriles is 1. The van der Waals surface area contributed by atoms with E-state index in [1.54, 1.807) is 11.8 Å². The number of Topliss-reactive ketones (excluding diaryl/α,β-unsaturated/α-hetero) is 1. The van der Waals surface area contributed by atoms with Crippen LogP contribution in [0.4, 0.5) is 18.9 Å². The van der Waals surface area contributed by atoms with Crippen LogP contribution in [0.5, 0.6) is 0 Å². The summed E-state index contributed by atoms with van der Waals surface area (Å²) in [6, 6.07) is 21.6. The van der Waals surface area contributed by atoms with Crippen molar-refractivity contribution in [3.05, 3.63) is 123 Å². The van der Waals surface area contributed by atoms with Gasteiger partial charge in [-0.25, -0.2) is 0 Å². The van der Waals surface area contributed by atoms with Gasteiger partial charge < -0.3 is 5.73 Å². The monoisotopic (exact) mass is 573 g/mol. The van der Waals surface area contributed by atoms with Crippen molar-refractivity contribution in [1.82, 2.24) is 0 Å². The summed E-state index contributed by atoms with van der Waals surface area (Å²) in [7, 11) is 0. The Morgan fingerprint density at radius 3 is 2.44 bits per heavy atom. The Balaban J connectivity index is 1.63. The number of ketones is 1. The van der Waals surface area contributed by atoms with Crippen LogP contribution in [-0.4, -0.2) is 5.78 Å². The maximum absolute atomic E-state index is 14.1. The maximum atomic E-state index is 14.1. The quantitative estimate of drug-likeness (QED) is 0.323. The largest absolute Gasteiger partial charge is 0.418 e. The Bertz CT molecular complexity index is 1600. The summed E-state index contributed by atoms with van der Waals surface area (Å²) >= 11 is 1.77. The summed E-state index contributed by atoms with van der Waals surface area (Å²) in [4.78, 5) is 14.9. The smallest absolute Gasteiger partial charge is 0.384 e. The second-order valence-corrected chi connectivity index (χ2v) is 11.4. The number of thioether (sulfide) groups is 1. The fraction of sp³-hybridized carbons (Fsp3) is 0.273. The average Bonchev–Trinajstić information content (AvgIpc) is 2.94. The third-order valence-electron chi connectivity index (χ3n) is 7.74. The number of nitrogens with zero attached hydrogens (tertiary/aromatic N) is 2. The second-order valence-electron chi connectivity index (χ2n) is 10.4. The van der Waals surface area contributed by atoms with E-state index in [1.807, 2.05) is 38.1 Å². The molecule has 0 aromatic heterocycles. The Labute approximate surface area is 242 Å². The summed E-state index contributed by atoms with van der Waals surface area (Å²) < 4.78 is 42.2. The van der Waals surface area contributed by atoms with Gasteiger partial charge in [0.25, 0.3) is 0 Å². The second kappa shape index (κ2) is 11.5. The number of hydrogen-bond donors (Lipinski definition) is 1. The molecule has 0 saturated carbocycles. The first-order chi connectivity index (χ1) is 19.6. The van der Waals surface area contributed by atoms with Crippen molar-refractivity contribution in [3.8, 4) is 6.07 Å². The third kappa shape index (κ3) is 5.51. The molecule has 2 N–H and O–H groups in total. The van der Waals surface area contributed by atoms with Gasteiger partial charge in [0.05, 0.1) is 28.8 Å². The lowest BCUT2D eigenvalue weighted by Gasteiger charge is -2.41. The van der Waals surface area contributed by atoms with E-state index in [0.717, 1.165) is 39.8 Å². The highest BCUT2D eigenvalue weighted by Crippen LogP contribution is 2.49. The molecule has 1 heterocycles. The summed E-state index contributed by atoms with van der Waals surface area (Å²) in [5.41, 5.74) is 11.5. The zero-order chi connectivity index (χ0) is 29.3. The van der Waals surface area contributed by atoms with Crippen LogP contribution in [0.2, 0.25) is 0 Å². The number of allylic oxidation sites excluding steroid dienone is 3. The standard InChI is InChI=1S/C33H30F3N3OS/c1-20-15-23(19-41-18-22-9-4-3-5-10-22)21(2)24(16-20)30-25(17-37)32(38)39(28-13-8-14-29(40)31(28)30)27-12-7-6-11-26(27)33(34,35)36/h3-7,9-12,15-16,30H,8,13-14,18-19,38H2,1-2H3. The number of hydrogen-bond acceptors (Lipinski definition) is 5. The van der Waals surface area contributed by atoms with Crippen molar-refractivity contribution in [2.75, 3.05) is 4.90 Å². The van der Waals surface area contributed by atoms with Gasteiger partial charge in [-0.05, 0) is 61.1 Å². The molecule has 8 heteroatoms. The Kier molecular flexibility index (Phi) is 8.01. The first kappa shape index (κ1) is 28.6. The van der Waals surface area contributed by atoms with E-state index in [-0.39, 0.29) is 29.3 Å². The third-order valence-corrected chi connectivity index (χ3v) is 8.80. The molecule has 0 spiro atoms. The Hall–Kier alpha value is -3.96. The highest BCUT2D eigenvalue weighted by molar-refractivity contribution is 7.97. The molecule has 1 aliphatic heterocycles. The van der Waals surface area contributed by atoms with E-state index < -0.39 is 17.7 Å². The fourth-order valence-corrected chi connectivity index (χ4v) is 6.90. The van der Waals surface area contributed by atoms with Gasteiger partial charge in [-0.1, -0.05) is 60.2 Å². The minimum Gasteiger partial charge on any atom is -0.384 e. The minimum atomic E-state index is -4.64. The highest BCUT2D eigenvalue weighted by Gasteiger charge is 2.43. The molecule has 4 nitrogen and oxygen atoms in total. The van der Waals surface area contributed by atoms with E-state index in [4.69, 9.17) is 5.73 Å². The predicted octanol–water partition coefficient (Wildman–Crippen LogP) is 8.06. The van der Waals surface area contributed by atoms with Crippen LogP contribution in [0, 0.1) is 25.2 Å². The molecular formula is C33H30F3N3OS. The number of carbonyl (C=O) groups is 1. The molecule has 41 heavy (non-hydrogen) atoms. The van der Waals surface area contributed by atoms with Crippen LogP contribution in [0.15, 0.2) is 89.4 Å². The number of para-hydroxylation sites is 1. The van der Waals surface area contributed by atoms with E-state index >= 15 is 0 Å². The highest BCUT2D eigenvalue weighted by atomic mass is 32.2. The normalized spacial score (nSPS) is 17.5. The van der Waals surface area contributed by atoms with Crippen molar-refractivity contribution < 1.29 is 18.0 Å². The summed E-state index contributed by atoms with van der Waals surface area (Å²) in [5.74, 6) is 0.601. The maximum Gasteiger partial charge on any atom is 0.418 e. The first-order valence-corrected chi connectivity index (χ1v) is 14.6. The molecule has 0 fully saturated rings. The number of carbonyl (C=O) groups excluding carboxylic acids is 1. The summed E-state index contributed by atoms with van der Waals surface area (Å²) in [6.07, 6.45) is -3.49. The molecule has 2 aliphatic rings. The van der Waals surface area contributed by atoms with Crippen molar-refractivity contribution in [1.29, 1.82) is 5.26 Å². The topological polar surface area (TPSA) is 70.1 Å². The molecule has 210 valence electrons. The van der Waals surface area contributed by atoms with Crippen molar-refractivity contribution in [2.24, 2.45) is 5.73 Å². The molecule has 1 atom stereocenters. The number of halogens is 3. The van der Waals surface area contributed by atoms with Crippen LogP contribution in [0.25, 0.3) is 0 Å². The molecule has 1 aliphatic carbocycles. The molecule has 0 bridgehead atoms. The fourth-order valence-electron chi connectivity index (χ4n) is 5.85. The van der Waals surface area contributed by atoms with Crippen molar-refractivity contribution >= 4 is 23.2 Å². The van der Waals surface area contributed by atoms with Crippen LogP contribution in [0.3, 0.4) is 0 Å². The zero-order valence-electron chi connectivity index (χ0n) is 22.9. The van der Waals surface area contributed by atoms with Gasteiger partial charge in [0, 0.05) is 29.2 Å². The van der Waals surface area contributed by atoms with Gasteiger partial charge in [0.1, 0.15) is 5.82 Å². The van der Waals surface area contributed by atoms with Crippen LogP contribution < -0.4 is 10.6 Å². The Morgan fingerprint density at radius 1 is 1.02 bits per heavy atom. The molecule has 3 aromatic rings. The van der Waals surface area contributed by atoms with Crippen LogP contribution in [0.1, 0.15) is 58.6 Å². The molecule has 0 amide bonds. The molecular weight excluding hydrogens is 543 g/mol. The van der Waals surface area contributed by atoms with E-state index in [9.17, 15) is 23.2 Å². The van der Waals surface area contributed by atoms with Gasteiger partial charge in [-0.2, -0.15) is 30.2 Å². The van der Waals surface area contributed by atoms with E-state index in [0.29, 0.717) is 24.1 Å². The number of aryl methyl sites for hydroxylation is 1. The van der Waals surface area contributed by atoms with E-state index in [2.05, 4.69) is 24.3 Å². The SMILES string of the molecule is Cc1cc(CSCc2ccccc2)c(C)c(C2C(C#N)=C(N)N(c3ccccc3C(F)(F)F)C3=C2C(=O)CCC3)c1. The number of anilines is 1. The van der Waals surface area contributed by atoms with Gasteiger partial charge in [-0.3, -0.25) is 9.69 Å².